The Morgan fingerprint density at radius 2 is 1.42 bits per heavy atom. The number of rotatable bonds is 7. The number of hydrogen-bond donors (Lipinski definition) is 2. The highest BCUT2D eigenvalue weighted by Gasteiger charge is 2.66. The maximum Gasteiger partial charge on any atom is 0.325 e. The smallest absolute Gasteiger partial charge is 0.325 e. The Bertz CT molecular complexity index is 404. The summed E-state index contributed by atoms with van der Waals surface area (Å²) in [6.07, 6.45) is 0.603. The quantitative estimate of drug-likeness (QED) is 0.740. The number of nitriles is 1. The van der Waals surface area contributed by atoms with Crippen LogP contribution < -0.4 is 0 Å². The fraction of sp³-hybridized carbons (Fsp3) is 0.786. The molecule has 5 heteroatoms. The van der Waals surface area contributed by atoms with E-state index in [0.29, 0.717) is 6.42 Å². The SMILES string of the molecule is CCC(C)(C)C(C#N)(C(=O)O)C(CC)(CC)C(=O)O. The summed E-state index contributed by atoms with van der Waals surface area (Å²) in [4.78, 5) is 23.6. The number of aliphatic carboxylic acids is 2. The fourth-order valence-corrected chi connectivity index (χ4v) is 2.96. The number of hydrogen-bond acceptors (Lipinski definition) is 3. The van der Waals surface area contributed by atoms with Gasteiger partial charge in [-0.2, -0.15) is 5.26 Å². The molecule has 0 fully saturated rings. The van der Waals surface area contributed by atoms with Crippen LogP contribution in [0.2, 0.25) is 0 Å². The van der Waals surface area contributed by atoms with Gasteiger partial charge in [0.25, 0.3) is 0 Å². The largest absolute Gasteiger partial charge is 0.481 e. The minimum Gasteiger partial charge on any atom is -0.481 e. The summed E-state index contributed by atoms with van der Waals surface area (Å²) in [7, 11) is 0. The van der Waals surface area contributed by atoms with Gasteiger partial charge in [-0.3, -0.25) is 9.59 Å². The van der Waals surface area contributed by atoms with Crippen molar-refractivity contribution < 1.29 is 19.8 Å². The second-order valence-electron chi connectivity index (χ2n) is 5.50. The third kappa shape index (κ3) is 2.09. The molecule has 0 spiro atoms. The molecule has 0 amide bonds. The van der Waals surface area contributed by atoms with Gasteiger partial charge in [0.05, 0.1) is 11.5 Å². The zero-order valence-electron chi connectivity index (χ0n) is 12.3. The van der Waals surface area contributed by atoms with E-state index in [1.165, 1.54) is 0 Å². The van der Waals surface area contributed by atoms with Crippen LogP contribution in [0.5, 0.6) is 0 Å². The minimum atomic E-state index is -1.95. The highest BCUT2D eigenvalue weighted by molar-refractivity contribution is 5.90. The lowest BCUT2D eigenvalue weighted by atomic mass is 9.49. The Morgan fingerprint density at radius 3 is 1.58 bits per heavy atom. The van der Waals surface area contributed by atoms with Gasteiger partial charge in [-0.05, 0) is 24.7 Å². The molecule has 1 atom stereocenters. The second-order valence-corrected chi connectivity index (χ2v) is 5.50. The standard InChI is InChI=1S/C14H23NO4/c1-6-12(4,5)14(9-15,11(18)19)13(7-2,8-3)10(16)17/h6-8H2,1-5H3,(H,16,17)(H,18,19). The molecule has 0 saturated heterocycles. The first-order chi connectivity index (χ1) is 8.63. The molecular formula is C14H23NO4. The molecule has 0 heterocycles. The van der Waals surface area contributed by atoms with Crippen LogP contribution in [0.4, 0.5) is 0 Å². The lowest BCUT2D eigenvalue weighted by Crippen LogP contribution is -2.58. The Balaban J connectivity index is 6.54. The summed E-state index contributed by atoms with van der Waals surface area (Å²) in [6, 6.07) is 1.85. The van der Waals surface area contributed by atoms with Crippen molar-refractivity contribution in [3.63, 3.8) is 0 Å². The third-order valence-corrected chi connectivity index (χ3v) is 4.72. The van der Waals surface area contributed by atoms with E-state index in [1.54, 1.807) is 34.6 Å². The van der Waals surface area contributed by atoms with Gasteiger partial charge in [-0.25, -0.2) is 0 Å². The van der Waals surface area contributed by atoms with Crippen molar-refractivity contribution in [2.24, 2.45) is 16.2 Å². The molecular weight excluding hydrogens is 246 g/mol. The molecule has 0 aliphatic rings. The van der Waals surface area contributed by atoms with E-state index < -0.39 is 28.2 Å². The summed E-state index contributed by atoms with van der Waals surface area (Å²) in [5, 5.41) is 28.8. The van der Waals surface area contributed by atoms with Crippen LogP contribution >= 0.6 is 0 Å². The van der Waals surface area contributed by atoms with Crippen molar-refractivity contribution in [1.29, 1.82) is 5.26 Å². The normalized spacial score (nSPS) is 15.4. The first-order valence-corrected chi connectivity index (χ1v) is 6.51. The van der Waals surface area contributed by atoms with E-state index in [9.17, 15) is 25.1 Å². The molecule has 0 rings (SSSR count). The van der Waals surface area contributed by atoms with E-state index in [1.807, 2.05) is 6.07 Å². The third-order valence-electron chi connectivity index (χ3n) is 4.72. The summed E-state index contributed by atoms with van der Waals surface area (Å²) >= 11 is 0. The second kappa shape index (κ2) is 5.60. The maximum absolute atomic E-state index is 11.8. The molecule has 0 aromatic carbocycles. The summed E-state index contributed by atoms with van der Waals surface area (Å²) in [5.74, 6) is -2.57. The van der Waals surface area contributed by atoms with Crippen LogP contribution in [-0.4, -0.2) is 22.2 Å². The van der Waals surface area contributed by atoms with Gasteiger partial charge in [0.1, 0.15) is 0 Å². The van der Waals surface area contributed by atoms with Crippen LogP contribution in [0.1, 0.15) is 53.9 Å². The van der Waals surface area contributed by atoms with Crippen molar-refractivity contribution >= 4 is 11.9 Å². The molecule has 0 aromatic rings. The molecule has 5 nitrogen and oxygen atoms in total. The Morgan fingerprint density at radius 1 is 1.00 bits per heavy atom. The number of carboxylic acid groups (broad SMARTS) is 2. The van der Waals surface area contributed by atoms with Crippen molar-refractivity contribution in [2.75, 3.05) is 0 Å². The van der Waals surface area contributed by atoms with Gasteiger partial charge >= 0.3 is 11.9 Å². The van der Waals surface area contributed by atoms with Crippen molar-refractivity contribution in [2.45, 2.75) is 53.9 Å². The lowest BCUT2D eigenvalue weighted by molar-refractivity contribution is -0.181. The topological polar surface area (TPSA) is 98.4 Å². The van der Waals surface area contributed by atoms with Crippen LogP contribution in [0.3, 0.4) is 0 Å². The van der Waals surface area contributed by atoms with Gasteiger partial charge in [0.15, 0.2) is 5.41 Å². The summed E-state index contributed by atoms with van der Waals surface area (Å²) in [5.41, 5.74) is -4.49. The number of carboxylic acids is 2. The molecule has 19 heavy (non-hydrogen) atoms. The predicted octanol–water partition coefficient (Wildman–Crippen LogP) is 2.91. The molecule has 0 aliphatic heterocycles. The first-order valence-electron chi connectivity index (χ1n) is 6.51. The van der Waals surface area contributed by atoms with E-state index >= 15 is 0 Å². The monoisotopic (exact) mass is 269 g/mol. The van der Waals surface area contributed by atoms with Crippen molar-refractivity contribution in [3.05, 3.63) is 0 Å². The van der Waals surface area contributed by atoms with E-state index in [0.717, 1.165) is 0 Å². The highest BCUT2D eigenvalue weighted by Crippen LogP contribution is 2.57. The van der Waals surface area contributed by atoms with E-state index in [4.69, 9.17) is 0 Å². The maximum atomic E-state index is 11.8. The van der Waals surface area contributed by atoms with Crippen molar-refractivity contribution in [3.8, 4) is 6.07 Å². The zero-order chi connectivity index (χ0) is 15.5. The molecule has 0 radical (unpaired) electrons. The van der Waals surface area contributed by atoms with Crippen LogP contribution in [0.25, 0.3) is 0 Å². The number of nitrogens with zero attached hydrogens (tertiary/aromatic N) is 1. The molecule has 0 aromatic heterocycles. The highest BCUT2D eigenvalue weighted by atomic mass is 16.4. The average Bonchev–Trinajstić information content (AvgIpc) is 2.34. The van der Waals surface area contributed by atoms with Gasteiger partial charge < -0.3 is 10.2 Å². The first kappa shape index (κ1) is 17.4. The average molecular weight is 269 g/mol. The lowest BCUT2D eigenvalue weighted by Gasteiger charge is -2.48. The Labute approximate surface area is 114 Å². The fourth-order valence-electron chi connectivity index (χ4n) is 2.96. The van der Waals surface area contributed by atoms with Gasteiger partial charge in [0, 0.05) is 0 Å². The summed E-state index contributed by atoms with van der Waals surface area (Å²) < 4.78 is 0. The van der Waals surface area contributed by atoms with Gasteiger partial charge in [-0.1, -0.05) is 34.6 Å². The zero-order valence-corrected chi connectivity index (χ0v) is 12.3. The summed E-state index contributed by atoms with van der Waals surface area (Å²) in [6.45, 7) is 8.31. The molecule has 0 aliphatic carbocycles. The minimum absolute atomic E-state index is 0.0993. The Kier molecular flexibility index (Phi) is 5.14. The van der Waals surface area contributed by atoms with Crippen LogP contribution in [0, 0.1) is 27.6 Å². The van der Waals surface area contributed by atoms with Gasteiger partial charge in [-0.15, -0.1) is 0 Å². The van der Waals surface area contributed by atoms with Crippen molar-refractivity contribution in [1.82, 2.24) is 0 Å². The molecule has 108 valence electrons. The van der Waals surface area contributed by atoms with E-state index in [-0.39, 0.29) is 12.8 Å². The Hall–Kier alpha value is -1.57. The molecule has 0 bridgehead atoms. The van der Waals surface area contributed by atoms with Crippen LogP contribution in [-0.2, 0) is 9.59 Å². The van der Waals surface area contributed by atoms with Crippen LogP contribution in [0.15, 0.2) is 0 Å². The molecule has 1 unspecified atom stereocenters. The van der Waals surface area contributed by atoms with E-state index in [2.05, 4.69) is 0 Å². The molecule has 2 N–H and O–H groups in total. The number of carbonyl (C=O) groups is 2. The van der Waals surface area contributed by atoms with Gasteiger partial charge in [0.2, 0.25) is 0 Å². The molecule has 0 saturated carbocycles. The predicted molar refractivity (Wildman–Crippen MR) is 70.4 cm³/mol.